The first kappa shape index (κ1) is 12.7. The Hall–Kier alpha value is -1.35. The lowest BCUT2D eigenvalue weighted by atomic mass is 9.92. The van der Waals surface area contributed by atoms with Crippen molar-refractivity contribution in [2.45, 2.75) is 40.2 Å². The highest BCUT2D eigenvalue weighted by Gasteiger charge is 2.44. The maximum atomic E-state index is 4.60. The summed E-state index contributed by atoms with van der Waals surface area (Å²) in [5, 5.41) is 3.64. The van der Waals surface area contributed by atoms with Gasteiger partial charge in [0, 0.05) is 19.3 Å². The molecule has 2 heterocycles. The summed E-state index contributed by atoms with van der Waals surface area (Å²) in [6.45, 7) is 8.82. The molecule has 0 radical (unpaired) electrons. The zero-order valence-electron chi connectivity index (χ0n) is 12.1. The van der Waals surface area contributed by atoms with E-state index in [9.17, 15) is 0 Å². The molecule has 0 unspecified atom stereocenters. The van der Waals surface area contributed by atoms with Gasteiger partial charge in [-0.2, -0.15) is 0 Å². The van der Waals surface area contributed by atoms with Crippen LogP contribution in [-0.2, 0) is 6.54 Å². The van der Waals surface area contributed by atoms with E-state index in [1.54, 1.807) is 0 Å². The van der Waals surface area contributed by atoms with Crippen molar-refractivity contribution >= 4 is 5.65 Å². The van der Waals surface area contributed by atoms with Crippen molar-refractivity contribution in [2.24, 2.45) is 11.3 Å². The van der Waals surface area contributed by atoms with Gasteiger partial charge in [-0.1, -0.05) is 19.9 Å². The van der Waals surface area contributed by atoms with Crippen molar-refractivity contribution in [1.82, 2.24) is 14.7 Å². The lowest BCUT2D eigenvalue weighted by molar-refractivity contribution is 0.337. The third-order valence-corrected chi connectivity index (χ3v) is 4.72. The summed E-state index contributed by atoms with van der Waals surface area (Å²) in [5.41, 5.74) is 4.03. The molecule has 3 rings (SSSR count). The van der Waals surface area contributed by atoms with Gasteiger partial charge in [0.15, 0.2) is 0 Å². The van der Waals surface area contributed by atoms with Gasteiger partial charge in [0.25, 0.3) is 0 Å². The van der Waals surface area contributed by atoms with Crippen LogP contribution < -0.4 is 5.32 Å². The van der Waals surface area contributed by atoms with Crippen LogP contribution in [0.1, 0.15) is 38.1 Å². The third-order valence-electron chi connectivity index (χ3n) is 4.72. The van der Waals surface area contributed by atoms with Crippen LogP contribution >= 0.6 is 0 Å². The van der Waals surface area contributed by atoms with Crippen molar-refractivity contribution in [3.8, 4) is 0 Å². The molecule has 3 heteroatoms. The fourth-order valence-electron chi connectivity index (χ4n) is 2.93. The Morgan fingerprint density at radius 2 is 2.16 bits per heavy atom. The van der Waals surface area contributed by atoms with Crippen LogP contribution in [0.4, 0.5) is 0 Å². The van der Waals surface area contributed by atoms with Gasteiger partial charge < -0.3 is 9.72 Å². The molecule has 0 amide bonds. The standard InChI is InChI=1S/C16H23N3/c1-12(2)16(7-8-16)11-17-10-14-13(3)18-15-6-4-5-9-19(14)15/h4-6,9,12,17H,7-8,10-11H2,1-3H3. The van der Waals surface area contributed by atoms with E-state index >= 15 is 0 Å². The predicted octanol–water partition coefficient (Wildman–Crippen LogP) is 3.17. The minimum Gasteiger partial charge on any atom is -0.311 e. The van der Waals surface area contributed by atoms with Gasteiger partial charge in [0.05, 0.1) is 11.4 Å². The highest BCUT2D eigenvalue weighted by atomic mass is 15.0. The number of rotatable bonds is 5. The molecule has 102 valence electrons. The largest absolute Gasteiger partial charge is 0.311 e. The smallest absolute Gasteiger partial charge is 0.137 e. The molecule has 1 N–H and O–H groups in total. The molecule has 0 spiro atoms. The molecule has 3 nitrogen and oxygen atoms in total. The quantitative estimate of drug-likeness (QED) is 0.891. The molecule has 1 aliphatic carbocycles. The van der Waals surface area contributed by atoms with E-state index in [2.05, 4.69) is 53.8 Å². The van der Waals surface area contributed by atoms with E-state index < -0.39 is 0 Å². The van der Waals surface area contributed by atoms with Gasteiger partial charge in [-0.3, -0.25) is 0 Å². The lowest BCUT2D eigenvalue weighted by Gasteiger charge is -2.20. The molecule has 2 aromatic rings. The third kappa shape index (κ3) is 2.27. The van der Waals surface area contributed by atoms with Crippen molar-refractivity contribution < 1.29 is 0 Å². The van der Waals surface area contributed by atoms with E-state index in [0.717, 1.165) is 30.3 Å². The number of fused-ring (bicyclic) bond motifs is 1. The van der Waals surface area contributed by atoms with Crippen molar-refractivity contribution in [3.63, 3.8) is 0 Å². The van der Waals surface area contributed by atoms with E-state index in [0.29, 0.717) is 5.41 Å². The first-order chi connectivity index (χ1) is 9.12. The fourth-order valence-corrected chi connectivity index (χ4v) is 2.93. The summed E-state index contributed by atoms with van der Waals surface area (Å²) < 4.78 is 2.19. The minimum absolute atomic E-state index is 0.564. The molecule has 1 fully saturated rings. The summed E-state index contributed by atoms with van der Waals surface area (Å²) in [6, 6.07) is 6.16. The second-order valence-electron chi connectivity index (χ2n) is 6.19. The average Bonchev–Trinajstić information content (AvgIpc) is 3.10. The highest BCUT2D eigenvalue weighted by Crippen LogP contribution is 2.51. The second-order valence-corrected chi connectivity index (χ2v) is 6.19. The van der Waals surface area contributed by atoms with Gasteiger partial charge >= 0.3 is 0 Å². The average molecular weight is 257 g/mol. The van der Waals surface area contributed by atoms with Crippen molar-refractivity contribution in [2.75, 3.05) is 6.54 Å². The molecular formula is C16H23N3. The van der Waals surface area contributed by atoms with Gasteiger partial charge in [-0.15, -0.1) is 0 Å². The number of pyridine rings is 1. The number of imidazole rings is 1. The molecule has 19 heavy (non-hydrogen) atoms. The summed E-state index contributed by atoms with van der Waals surface area (Å²) in [5.74, 6) is 0.781. The van der Waals surface area contributed by atoms with Gasteiger partial charge in [-0.25, -0.2) is 4.98 Å². The Bertz CT molecular complexity index is 579. The Morgan fingerprint density at radius 3 is 2.84 bits per heavy atom. The van der Waals surface area contributed by atoms with Gasteiger partial charge in [0.1, 0.15) is 5.65 Å². The number of hydrogen-bond acceptors (Lipinski definition) is 2. The number of nitrogens with one attached hydrogen (secondary N) is 1. The fraction of sp³-hybridized carbons (Fsp3) is 0.562. The molecule has 0 bridgehead atoms. The van der Waals surface area contributed by atoms with Crippen molar-refractivity contribution in [1.29, 1.82) is 0 Å². The van der Waals surface area contributed by atoms with E-state index in [-0.39, 0.29) is 0 Å². The summed E-state index contributed by atoms with van der Waals surface area (Å²) >= 11 is 0. The van der Waals surface area contributed by atoms with Gasteiger partial charge in [-0.05, 0) is 43.2 Å². The Labute approximate surface area is 115 Å². The first-order valence-corrected chi connectivity index (χ1v) is 7.26. The van der Waals surface area contributed by atoms with Crippen LogP contribution in [0.25, 0.3) is 5.65 Å². The molecule has 0 aliphatic heterocycles. The minimum atomic E-state index is 0.564. The van der Waals surface area contributed by atoms with Crippen LogP contribution in [0, 0.1) is 18.3 Å². The van der Waals surface area contributed by atoms with Crippen LogP contribution in [0.3, 0.4) is 0 Å². The lowest BCUT2D eigenvalue weighted by Crippen LogP contribution is -2.27. The van der Waals surface area contributed by atoms with Crippen LogP contribution in [0.2, 0.25) is 0 Å². The summed E-state index contributed by atoms with van der Waals surface area (Å²) in [7, 11) is 0. The summed E-state index contributed by atoms with van der Waals surface area (Å²) in [4.78, 5) is 4.60. The molecular weight excluding hydrogens is 234 g/mol. The number of nitrogens with zero attached hydrogens (tertiary/aromatic N) is 2. The first-order valence-electron chi connectivity index (χ1n) is 7.26. The number of aromatic nitrogens is 2. The SMILES string of the molecule is Cc1nc2ccccn2c1CNCC1(C(C)C)CC1. The molecule has 0 aromatic carbocycles. The summed E-state index contributed by atoms with van der Waals surface area (Å²) in [6.07, 6.45) is 4.86. The number of hydrogen-bond donors (Lipinski definition) is 1. The monoisotopic (exact) mass is 257 g/mol. The Balaban J connectivity index is 1.70. The zero-order valence-corrected chi connectivity index (χ0v) is 12.1. The van der Waals surface area contributed by atoms with Crippen LogP contribution in [-0.4, -0.2) is 15.9 Å². The predicted molar refractivity (Wildman–Crippen MR) is 78.1 cm³/mol. The van der Waals surface area contributed by atoms with Crippen LogP contribution in [0.15, 0.2) is 24.4 Å². The maximum Gasteiger partial charge on any atom is 0.137 e. The zero-order chi connectivity index (χ0) is 13.5. The van der Waals surface area contributed by atoms with E-state index in [1.165, 1.54) is 18.5 Å². The van der Waals surface area contributed by atoms with Crippen LogP contribution in [0.5, 0.6) is 0 Å². The Morgan fingerprint density at radius 1 is 1.37 bits per heavy atom. The van der Waals surface area contributed by atoms with Gasteiger partial charge in [0.2, 0.25) is 0 Å². The normalized spacial score (nSPS) is 17.3. The van der Waals surface area contributed by atoms with E-state index in [1.807, 2.05) is 6.07 Å². The Kier molecular flexibility index (Phi) is 3.09. The topological polar surface area (TPSA) is 29.3 Å². The van der Waals surface area contributed by atoms with E-state index in [4.69, 9.17) is 0 Å². The van der Waals surface area contributed by atoms with Crippen molar-refractivity contribution in [3.05, 3.63) is 35.8 Å². The molecule has 2 aromatic heterocycles. The molecule has 0 saturated heterocycles. The number of aryl methyl sites for hydroxylation is 1. The highest BCUT2D eigenvalue weighted by molar-refractivity contribution is 5.42. The molecule has 0 atom stereocenters. The molecule has 1 aliphatic rings. The second kappa shape index (κ2) is 4.64. The molecule has 1 saturated carbocycles. The maximum absolute atomic E-state index is 4.60.